The molecular weight excluding hydrogens is 252 g/mol. The van der Waals surface area contributed by atoms with Crippen LogP contribution in [-0.4, -0.2) is 22.9 Å². The topological polar surface area (TPSA) is 66.9 Å². The molecule has 5 nitrogen and oxygen atoms in total. The highest BCUT2D eigenvalue weighted by atomic mass is 16.1. The van der Waals surface area contributed by atoms with Gasteiger partial charge in [-0.15, -0.1) is 0 Å². The molecule has 0 saturated carbocycles. The predicted molar refractivity (Wildman–Crippen MR) is 78.7 cm³/mol. The van der Waals surface area contributed by atoms with Gasteiger partial charge in [0.05, 0.1) is 23.5 Å². The number of nitrogens with zero attached hydrogens (tertiary/aromatic N) is 2. The smallest absolute Gasteiger partial charge is 0.255 e. The predicted octanol–water partition coefficient (Wildman–Crippen LogP) is 2.07. The van der Waals surface area contributed by atoms with E-state index in [-0.39, 0.29) is 5.91 Å². The van der Waals surface area contributed by atoms with Crippen LogP contribution in [-0.2, 0) is 6.54 Å². The quantitative estimate of drug-likeness (QED) is 0.892. The number of carbonyl (C=O) groups is 1. The van der Waals surface area contributed by atoms with Gasteiger partial charge in [0, 0.05) is 25.1 Å². The molecule has 2 aromatic rings. The molecule has 0 radical (unpaired) electrons. The highest BCUT2D eigenvalue weighted by molar-refractivity contribution is 5.99. The Hall–Kier alpha value is -2.43. The van der Waals surface area contributed by atoms with E-state index in [0.717, 1.165) is 22.6 Å². The average Bonchev–Trinajstić information content (AvgIpc) is 2.46. The van der Waals surface area contributed by atoms with E-state index in [1.165, 1.54) is 0 Å². The van der Waals surface area contributed by atoms with Crippen molar-refractivity contribution in [2.24, 2.45) is 0 Å². The van der Waals surface area contributed by atoms with Crippen LogP contribution in [0.1, 0.15) is 27.3 Å². The second-order valence-corrected chi connectivity index (χ2v) is 4.57. The van der Waals surface area contributed by atoms with Crippen LogP contribution in [0.4, 0.5) is 5.69 Å². The lowest BCUT2D eigenvalue weighted by Gasteiger charge is -2.10. The van der Waals surface area contributed by atoms with E-state index in [4.69, 9.17) is 0 Å². The molecule has 0 aliphatic carbocycles. The van der Waals surface area contributed by atoms with Crippen LogP contribution in [0.5, 0.6) is 0 Å². The first-order valence-corrected chi connectivity index (χ1v) is 6.45. The highest BCUT2D eigenvalue weighted by Gasteiger charge is 2.12. The van der Waals surface area contributed by atoms with Gasteiger partial charge in [0.15, 0.2) is 0 Å². The Morgan fingerprint density at radius 3 is 2.80 bits per heavy atom. The van der Waals surface area contributed by atoms with Gasteiger partial charge in [-0.2, -0.15) is 0 Å². The van der Waals surface area contributed by atoms with Gasteiger partial charge in [0.2, 0.25) is 0 Å². The Labute approximate surface area is 118 Å². The molecule has 0 saturated heterocycles. The fourth-order valence-electron chi connectivity index (χ4n) is 1.91. The molecule has 2 N–H and O–H groups in total. The number of rotatable bonds is 4. The minimum absolute atomic E-state index is 0.160. The number of nitrogens with one attached hydrogen (secondary N) is 2. The fourth-order valence-corrected chi connectivity index (χ4v) is 1.91. The Morgan fingerprint density at radius 2 is 2.10 bits per heavy atom. The normalized spacial score (nSPS) is 10.2. The maximum absolute atomic E-state index is 12.2. The van der Waals surface area contributed by atoms with E-state index in [1.807, 2.05) is 32.0 Å². The molecule has 2 heterocycles. The number of amides is 1. The summed E-state index contributed by atoms with van der Waals surface area (Å²) in [6.07, 6.45) is 3.31. The average molecular weight is 270 g/mol. The first-order chi connectivity index (χ1) is 9.61. The molecular formula is C15H18N4O. The van der Waals surface area contributed by atoms with E-state index in [2.05, 4.69) is 20.6 Å². The lowest BCUT2D eigenvalue weighted by molar-refractivity contribution is 0.0951. The Balaban J connectivity index is 2.11. The molecule has 0 aliphatic heterocycles. The van der Waals surface area contributed by atoms with Gasteiger partial charge in [-0.1, -0.05) is 6.07 Å². The second-order valence-electron chi connectivity index (χ2n) is 4.57. The summed E-state index contributed by atoms with van der Waals surface area (Å²) in [5.41, 5.74) is 4.10. The second kappa shape index (κ2) is 6.14. The summed E-state index contributed by atoms with van der Waals surface area (Å²) in [6, 6.07) is 5.70. The maximum atomic E-state index is 12.2. The Kier molecular flexibility index (Phi) is 4.30. The van der Waals surface area contributed by atoms with Gasteiger partial charge in [-0.05, 0) is 31.5 Å². The molecule has 1 amide bonds. The van der Waals surface area contributed by atoms with Gasteiger partial charge < -0.3 is 10.6 Å². The number of carbonyl (C=O) groups excluding carboxylic acids is 1. The number of hydrogen-bond donors (Lipinski definition) is 2. The zero-order chi connectivity index (χ0) is 14.5. The van der Waals surface area contributed by atoms with E-state index in [9.17, 15) is 4.79 Å². The maximum Gasteiger partial charge on any atom is 0.255 e. The summed E-state index contributed by atoms with van der Waals surface area (Å²) in [5, 5.41) is 5.88. The van der Waals surface area contributed by atoms with Gasteiger partial charge >= 0.3 is 0 Å². The van der Waals surface area contributed by atoms with Crippen molar-refractivity contribution in [1.82, 2.24) is 15.3 Å². The van der Waals surface area contributed by atoms with Crippen molar-refractivity contribution < 1.29 is 4.79 Å². The van der Waals surface area contributed by atoms with Crippen LogP contribution < -0.4 is 10.6 Å². The lowest BCUT2D eigenvalue weighted by Crippen LogP contribution is -2.25. The van der Waals surface area contributed by atoms with E-state index in [0.29, 0.717) is 12.1 Å². The molecule has 2 aromatic heterocycles. The molecule has 0 atom stereocenters. The van der Waals surface area contributed by atoms with Crippen molar-refractivity contribution in [3.63, 3.8) is 0 Å². The highest BCUT2D eigenvalue weighted by Crippen LogP contribution is 2.15. The van der Waals surface area contributed by atoms with Crippen molar-refractivity contribution in [3.05, 3.63) is 53.1 Å². The number of aryl methyl sites for hydroxylation is 2. The summed E-state index contributed by atoms with van der Waals surface area (Å²) in [4.78, 5) is 20.6. The Morgan fingerprint density at radius 1 is 1.30 bits per heavy atom. The van der Waals surface area contributed by atoms with E-state index < -0.39 is 0 Å². The first kappa shape index (κ1) is 14.0. The first-order valence-electron chi connectivity index (χ1n) is 6.45. The number of pyridine rings is 2. The monoisotopic (exact) mass is 270 g/mol. The van der Waals surface area contributed by atoms with Crippen LogP contribution in [0.15, 0.2) is 30.6 Å². The van der Waals surface area contributed by atoms with Crippen molar-refractivity contribution in [1.29, 1.82) is 0 Å². The summed E-state index contributed by atoms with van der Waals surface area (Å²) in [5.74, 6) is -0.160. The Bertz CT molecular complexity index is 625. The van der Waals surface area contributed by atoms with Crippen LogP contribution in [0, 0.1) is 13.8 Å². The molecule has 2 rings (SSSR count). The SMILES string of the molecule is CNc1cc(C)ncc1C(=O)NCc1ncccc1C. The van der Waals surface area contributed by atoms with Gasteiger partial charge in [-0.25, -0.2) is 0 Å². The third-order valence-electron chi connectivity index (χ3n) is 3.09. The van der Waals surface area contributed by atoms with Crippen molar-refractivity contribution in [3.8, 4) is 0 Å². The summed E-state index contributed by atoms with van der Waals surface area (Å²) in [7, 11) is 1.79. The van der Waals surface area contributed by atoms with Crippen LogP contribution in [0.25, 0.3) is 0 Å². The van der Waals surface area contributed by atoms with E-state index in [1.54, 1.807) is 19.4 Å². The molecule has 0 unspecified atom stereocenters. The molecule has 0 spiro atoms. The van der Waals surface area contributed by atoms with Crippen molar-refractivity contribution in [2.45, 2.75) is 20.4 Å². The molecule has 20 heavy (non-hydrogen) atoms. The van der Waals surface area contributed by atoms with Crippen molar-refractivity contribution >= 4 is 11.6 Å². The van der Waals surface area contributed by atoms with Gasteiger partial charge in [-0.3, -0.25) is 14.8 Å². The largest absolute Gasteiger partial charge is 0.387 e. The molecule has 0 aliphatic rings. The number of anilines is 1. The molecule has 0 aromatic carbocycles. The summed E-state index contributed by atoms with van der Waals surface area (Å²) >= 11 is 0. The van der Waals surface area contributed by atoms with Crippen LogP contribution in [0.3, 0.4) is 0 Å². The molecule has 5 heteroatoms. The molecule has 0 bridgehead atoms. The summed E-state index contributed by atoms with van der Waals surface area (Å²) < 4.78 is 0. The number of hydrogen-bond acceptors (Lipinski definition) is 4. The van der Waals surface area contributed by atoms with E-state index >= 15 is 0 Å². The minimum Gasteiger partial charge on any atom is -0.387 e. The third kappa shape index (κ3) is 3.12. The third-order valence-corrected chi connectivity index (χ3v) is 3.09. The lowest BCUT2D eigenvalue weighted by atomic mass is 10.2. The standard InChI is InChI=1S/C15H18N4O/c1-10-5-4-6-17-14(10)9-19-15(20)12-8-18-11(2)7-13(12)16-3/h4-8H,9H2,1-3H3,(H,16,18)(H,19,20). The zero-order valence-electron chi connectivity index (χ0n) is 11.9. The fraction of sp³-hybridized carbons (Fsp3) is 0.267. The zero-order valence-corrected chi connectivity index (χ0v) is 11.9. The van der Waals surface area contributed by atoms with Crippen molar-refractivity contribution in [2.75, 3.05) is 12.4 Å². The van der Waals surface area contributed by atoms with Crippen LogP contribution >= 0.6 is 0 Å². The minimum atomic E-state index is -0.160. The van der Waals surface area contributed by atoms with Gasteiger partial charge in [0.25, 0.3) is 5.91 Å². The summed E-state index contributed by atoms with van der Waals surface area (Å²) in [6.45, 7) is 4.27. The van der Waals surface area contributed by atoms with Crippen LogP contribution in [0.2, 0.25) is 0 Å². The molecule has 104 valence electrons. The van der Waals surface area contributed by atoms with Gasteiger partial charge in [0.1, 0.15) is 0 Å². The number of aromatic nitrogens is 2. The molecule has 0 fully saturated rings.